The lowest BCUT2D eigenvalue weighted by Crippen LogP contribution is -2.24. The number of rotatable bonds is 5. The fourth-order valence-corrected chi connectivity index (χ4v) is 3.17. The molecule has 0 aromatic heterocycles. The van der Waals surface area contributed by atoms with E-state index in [1.807, 2.05) is 12.1 Å². The van der Waals surface area contributed by atoms with Gasteiger partial charge in [-0.05, 0) is 67.0 Å². The summed E-state index contributed by atoms with van der Waals surface area (Å²) in [5, 5.41) is 3.28. The standard InChI is InChI=1S/C20H25N3O/c1-24-17-11-9-15(10-12-17)13-14-22-20(21)23-19-8-4-6-16-5-2-3-7-18(16)19/h4,6,8-12H,2-3,5,7,13-14H2,1H3,(H3,21,22,23). The maximum absolute atomic E-state index is 6.07. The molecule has 4 nitrogen and oxygen atoms in total. The second-order valence-corrected chi connectivity index (χ2v) is 6.14. The molecule has 1 aliphatic carbocycles. The van der Waals surface area contributed by atoms with Gasteiger partial charge in [-0.1, -0.05) is 24.3 Å². The van der Waals surface area contributed by atoms with Gasteiger partial charge in [0.05, 0.1) is 7.11 Å². The first kappa shape index (κ1) is 16.4. The second-order valence-electron chi connectivity index (χ2n) is 6.14. The summed E-state index contributed by atoms with van der Waals surface area (Å²) >= 11 is 0. The smallest absolute Gasteiger partial charge is 0.193 e. The van der Waals surface area contributed by atoms with E-state index in [-0.39, 0.29) is 0 Å². The summed E-state index contributed by atoms with van der Waals surface area (Å²) in [6.45, 7) is 0.667. The minimum Gasteiger partial charge on any atom is -0.497 e. The van der Waals surface area contributed by atoms with Crippen LogP contribution in [0.3, 0.4) is 0 Å². The predicted octanol–water partition coefficient (Wildman–Crippen LogP) is 3.54. The Kier molecular flexibility index (Phi) is 5.36. The zero-order chi connectivity index (χ0) is 16.8. The van der Waals surface area contributed by atoms with Gasteiger partial charge in [-0.2, -0.15) is 0 Å². The van der Waals surface area contributed by atoms with Crippen LogP contribution in [0.25, 0.3) is 0 Å². The van der Waals surface area contributed by atoms with Gasteiger partial charge in [-0.25, -0.2) is 0 Å². The molecule has 126 valence electrons. The molecule has 0 bridgehead atoms. The van der Waals surface area contributed by atoms with Gasteiger partial charge in [0.25, 0.3) is 0 Å². The van der Waals surface area contributed by atoms with Crippen molar-refractivity contribution in [3.05, 3.63) is 59.2 Å². The molecular formula is C20H25N3O. The fraction of sp³-hybridized carbons (Fsp3) is 0.350. The fourth-order valence-electron chi connectivity index (χ4n) is 3.17. The van der Waals surface area contributed by atoms with Crippen LogP contribution in [-0.4, -0.2) is 19.6 Å². The van der Waals surface area contributed by atoms with Crippen LogP contribution in [-0.2, 0) is 19.3 Å². The first-order chi connectivity index (χ1) is 11.8. The largest absolute Gasteiger partial charge is 0.497 e. The van der Waals surface area contributed by atoms with Gasteiger partial charge in [-0.3, -0.25) is 4.99 Å². The Bertz CT molecular complexity index is 707. The van der Waals surface area contributed by atoms with Gasteiger partial charge < -0.3 is 15.8 Å². The number of anilines is 1. The molecule has 0 amide bonds. The first-order valence-electron chi connectivity index (χ1n) is 8.57. The third-order valence-corrected chi connectivity index (χ3v) is 4.50. The van der Waals surface area contributed by atoms with E-state index in [4.69, 9.17) is 10.5 Å². The van der Waals surface area contributed by atoms with Crippen molar-refractivity contribution in [2.24, 2.45) is 10.7 Å². The third-order valence-electron chi connectivity index (χ3n) is 4.50. The van der Waals surface area contributed by atoms with Crippen LogP contribution >= 0.6 is 0 Å². The molecule has 3 rings (SSSR count). The number of nitrogens with zero attached hydrogens (tertiary/aromatic N) is 1. The summed E-state index contributed by atoms with van der Waals surface area (Å²) in [6, 6.07) is 14.5. The monoisotopic (exact) mass is 323 g/mol. The van der Waals surface area contributed by atoms with E-state index in [2.05, 4.69) is 40.6 Å². The normalized spacial score (nSPS) is 14.1. The predicted molar refractivity (Wildman–Crippen MR) is 99.9 cm³/mol. The van der Waals surface area contributed by atoms with Gasteiger partial charge in [0.1, 0.15) is 5.75 Å². The minimum absolute atomic E-state index is 0.488. The lowest BCUT2D eigenvalue weighted by molar-refractivity contribution is 0.414. The zero-order valence-electron chi connectivity index (χ0n) is 14.2. The molecule has 0 unspecified atom stereocenters. The van der Waals surface area contributed by atoms with Crippen LogP contribution < -0.4 is 15.8 Å². The number of nitrogens with one attached hydrogen (secondary N) is 1. The molecule has 0 fully saturated rings. The number of fused-ring (bicyclic) bond motifs is 1. The molecule has 4 heteroatoms. The number of aliphatic imine (C=N–C) groups is 1. The van der Waals surface area contributed by atoms with Gasteiger partial charge in [-0.15, -0.1) is 0 Å². The Morgan fingerprint density at radius 1 is 1.12 bits per heavy atom. The number of ether oxygens (including phenoxy) is 1. The Morgan fingerprint density at radius 3 is 2.71 bits per heavy atom. The Hall–Kier alpha value is -2.49. The molecule has 2 aromatic rings. The van der Waals surface area contributed by atoms with Crippen molar-refractivity contribution in [1.82, 2.24) is 0 Å². The molecule has 0 aliphatic heterocycles. The van der Waals surface area contributed by atoms with Gasteiger partial charge >= 0.3 is 0 Å². The topological polar surface area (TPSA) is 59.6 Å². The molecule has 0 heterocycles. The molecule has 2 aromatic carbocycles. The van der Waals surface area contributed by atoms with Crippen molar-refractivity contribution in [3.63, 3.8) is 0 Å². The van der Waals surface area contributed by atoms with Crippen molar-refractivity contribution >= 4 is 11.6 Å². The summed E-state index contributed by atoms with van der Waals surface area (Å²) in [5.41, 5.74) is 11.2. The Balaban J connectivity index is 1.58. The Labute approximate surface area is 143 Å². The number of aryl methyl sites for hydroxylation is 1. The summed E-state index contributed by atoms with van der Waals surface area (Å²) < 4.78 is 5.17. The lowest BCUT2D eigenvalue weighted by atomic mass is 9.90. The summed E-state index contributed by atoms with van der Waals surface area (Å²) in [4.78, 5) is 4.46. The zero-order valence-corrected chi connectivity index (χ0v) is 14.2. The lowest BCUT2D eigenvalue weighted by Gasteiger charge is -2.19. The number of hydrogen-bond acceptors (Lipinski definition) is 2. The molecule has 0 spiro atoms. The number of methoxy groups -OCH3 is 1. The van der Waals surface area contributed by atoms with Gasteiger partial charge in [0.2, 0.25) is 0 Å². The molecule has 3 N–H and O–H groups in total. The summed E-state index contributed by atoms with van der Waals surface area (Å²) in [7, 11) is 1.67. The Morgan fingerprint density at radius 2 is 1.92 bits per heavy atom. The van der Waals surface area contributed by atoms with Crippen molar-refractivity contribution in [1.29, 1.82) is 0 Å². The summed E-state index contributed by atoms with van der Waals surface area (Å²) in [6.07, 6.45) is 5.68. The third kappa shape index (κ3) is 4.07. The number of benzene rings is 2. The van der Waals surface area contributed by atoms with Crippen LogP contribution in [0.4, 0.5) is 5.69 Å². The molecule has 0 radical (unpaired) electrons. The van der Waals surface area contributed by atoms with Crippen LogP contribution in [0, 0.1) is 0 Å². The highest BCUT2D eigenvalue weighted by Crippen LogP contribution is 2.27. The highest BCUT2D eigenvalue weighted by atomic mass is 16.5. The van der Waals surface area contributed by atoms with Crippen molar-refractivity contribution in [3.8, 4) is 5.75 Å². The van der Waals surface area contributed by atoms with Crippen LogP contribution in [0.1, 0.15) is 29.5 Å². The van der Waals surface area contributed by atoms with E-state index in [0.29, 0.717) is 12.5 Å². The van der Waals surface area contributed by atoms with Crippen molar-refractivity contribution in [2.45, 2.75) is 32.1 Å². The van der Waals surface area contributed by atoms with Crippen LogP contribution in [0.15, 0.2) is 47.5 Å². The highest BCUT2D eigenvalue weighted by molar-refractivity contribution is 5.93. The highest BCUT2D eigenvalue weighted by Gasteiger charge is 2.12. The molecular weight excluding hydrogens is 298 g/mol. The first-order valence-corrected chi connectivity index (χ1v) is 8.57. The van der Waals surface area contributed by atoms with E-state index < -0.39 is 0 Å². The number of guanidine groups is 1. The second kappa shape index (κ2) is 7.86. The van der Waals surface area contributed by atoms with Crippen LogP contribution in [0.5, 0.6) is 5.75 Å². The average molecular weight is 323 g/mol. The minimum atomic E-state index is 0.488. The maximum Gasteiger partial charge on any atom is 0.193 e. The van der Waals surface area contributed by atoms with E-state index in [1.165, 1.54) is 36.0 Å². The number of hydrogen-bond donors (Lipinski definition) is 2. The van der Waals surface area contributed by atoms with E-state index in [0.717, 1.165) is 24.3 Å². The van der Waals surface area contributed by atoms with E-state index >= 15 is 0 Å². The van der Waals surface area contributed by atoms with Crippen LogP contribution in [0.2, 0.25) is 0 Å². The molecule has 1 aliphatic rings. The summed E-state index contributed by atoms with van der Waals surface area (Å²) in [5.74, 6) is 1.36. The molecule has 24 heavy (non-hydrogen) atoms. The van der Waals surface area contributed by atoms with Gasteiger partial charge in [0.15, 0.2) is 5.96 Å². The number of nitrogens with two attached hydrogens (primary N) is 1. The quantitative estimate of drug-likeness (QED) is 0.653. The average Bonchev–Trinajstić information content (AvgIpc) is 2.63. The van der Waals surface area contributed by atoms with Crippen molar-refractivity contribution in [2.75, 3.05) is 19.0 Å². The molecule has 0 atom stereocenters. The maximum atomic E-state index is 6.07. The molecule has 0 saturated carbocycles. The van der Waals surface area contributed by atoms with E-state index in [9.17, 15) is 0 Å². The SMILES string of the molecule is COc1ccc(CCN=C(N)Nc2cccc3c2CCCC3)cc1. The molecule has 0 saturated heterocycles. The van der Waals surface area contributed by atoms with Crippen molar-refractivity contribution < 1.29 is 4.74 Å². The van der Waals surface area contributed by atoms with Gasteiger partial charge in [0, 0.05) is 12.2 Å². The van der Waals surface area contributed by atoms with E-state index in [1.54, 1.807) is 7.11 Å².